The van der Waals surface area contributed by atoms with Crippen LogP contribution in [0, 0.1) is 5.41 Å². The predicted molar refractivity (Wildman–Crippen MR) is 161 cm³/mol. The molecule has 0 radical (unpaired) electrons. The van der Waals surface area contributed by atoms with E-state index >= 15 is 0 Å². The summed E-state index contributed by atoms with van der Waals surface area (Å²) in [5, 5.41) is 15.3. The summed E-state index contributed by atoms with van der Waals surface area (Å²) in [4.78, 5) is 24.6. The molecular weight excluding hydrogens is 596 g/mol. The topological polar surface area (TPSA) is 122 Å². The van der Waals surface area contributed by atoms with Gasteiger partial charge >= 0.3 is 12.2 Å². The number of allylic oxidation sites excluding steroid dienone is 3. The molecule has 244 valence electrons. The van der Waals surface area contributed by atoms with Crippen LogP contribution in [-0.4, -0.2) is 63.0 Å². The van der Waals surface area contributed by atoms with Gasteiger partial charge in [-0.15, -0.1) is 0 Å². The number of alkyl carbamates (subject to hydrolysis) is 1. The average Bonchev–Trinajstić information content (AvgIpc) is 3.02. The van der Waals surface area contributed by atoms with Gasteiger partial charge in [0.2, 0.25) is 5.91 Å². The Bertz CT molecular complexity index is 1330. The fourth-order valence-corrected chi connectivity index (χ4v) is 4.81. The lowest BCUT2D eigenvalue weighted by molar-refractivity contribution is -0.158. The molecule has 2 amide bonds. The van der Waals surface area contributed by atoms with E-state index in [4.69, 9.17) is 14.9 Å². The summed E-state index contributed by atoms with van der Waals surface area (Å²) in [5.74, 6) is -1.68. The fraction of sp³-hybridized carbons (Fsp3) is 0.406. The van der Waals surface area contributed by atoms with E-state index in [1.165, 1.54) is 12.1 Å². The number of rotatable bonds is 15. The molecule has 1 fully saturated rings. The number of carbonyl (C=O) groups excluding carboxylic acids is 2. The maximum atomic E-state index is 14.9. The lowest BCUT2D eigenvalue weighted by Gasteiger charge is -2.30. The first-order valence-electron chi connectivity index (χ1n) is 14.4. The minimum Gasteiger partial charge on any atom is -0.448 e. The largest absolute Gasteiger partial charge is 0.448 e. The molecule has 0 bridgehead atoms. The van der Waals surface area contributed by atoms with Crippen LogP contribution in [0.5, 0.6) is 5.75 Å². The summed E-state index contributed by atoms with van der Waals surface area (Å²) in [7, 11) is 0. The number of alkyl halides is 3. The van der Waals surface area contributed by atoms with Gasteiger partial charge in [0.15, 0.2) is 6.80 Å². The highest BCUT2D eigenvalue weighted by Crippen LogP contribution is 2.31. The molecule has 0 unspecified atom stereocenters. The number of carbonyl (C=O) groups is 2. The van der Waals surface area contributed by atoms with Crippen molar-refractivity contribution in [2.45, 2.75) is 57.3 Å². The SMILES string of the molecule is C/C=C(NC(=O)C[C@H](c1ccccc1)c1ccc(OC(C)(F)F)cc1)\C(CC[C@@H]1CN[C@H](COC(=O)NCF)CO1)=C(\F)C=N. The van der Waals surface area contributed by atoms with Crippen LogP contribution in [0.1, 0.15) is 50.2 Å². The van der Waals surface area contributed by atoms with Crippen molar-refractivity contribution in [3.05, 3.63) is 88.9 Å². The third kappa shape index (κ3) is 11.7. The van der Waals surface area contributed by atoms with E-state index < -0.39 is 36.7 Å². The van der Waals surface area contributed by atoms with Crippen molar-refractivity contribution >= 4 is 18.2 Å². The van der Waals surface area contributed by atoms with Gasteiger partial charge in [0, 0.05) is 37.1 Å². The lowest BCUT2D eigenvalue weighted by Crippen LogP contribution is -2.49. The van der Waals surface area contributed by atoms with Gasteiger partial charge in [-0.05, 0) is 43.0 Å². The monoisotopic (exact) mass is 634 g/mol. The van der Waals surface area contributed by atoms with Crippen molar-refractivity contribution in [3.63, 3.8) is 0 Å². The highest BCUT2D eigenvalue weighted by molar-refractivity contribution is 5.82. The van der Waals surface area contributed by atoms with Crippen LogP contribution < -0.4 is 20.7 Å². The van der Waals surface area contributed by atoms with E-state index in [1.807, 2.05) is 35.6 Å². The van der Waals surface area contributed by atoms with Gasteiger partial charge < -0.3 is 30.3 Å². The Morgan fingerprint density at radius 2 is 1.84 bits per heavy atom. The zero-order valence-corrected chi connectivity index (χ0v) is 25.1. The molecule has 3 atom stereocenters. The number of nitrogens with one attached hydrogen (secondary N) is 4. The van der Waals surface area contributed by atoms with Gasteiger partial charge in [-0.1, -0.05) is 48.5 Å². The first-order chi connectivity index (χ1) is 21.5. The van der Waals surface area contributed by atoms with E-state index in [1.54, 1.807) is 25.1 Å². The molecule has 1 saturated heterocycles. The summed E-state index contributed by atoms with van der Waals surface area (Å²) in [6, 6.07) is 15.0. The van der Waals surface area contributed by atoms with Gasteiger partial charge in [0.25, 0.3) is 0 Å². The number of ether oxygens (including phenoxy) is 3. The summed E-state index contributed by atoms with van der Waals surface area (Å²) in [6.07, 6.45) is -1.91. The van der Waals surface area contributed by atoms with Gasteiger partial charge in [-0.3, -0.25) is 10.1 Å². The van der Waals surface area contributed by atoms with E-state index in [-0.39, 0.29) is 55.2 Å². The standard InChI is InChI=1S/C32H38F4N4O5/c1-3-29(26(28(34)16-37)14-13-25-17-38-23(18-43-25)19-44-31(42)39-20-33)40-30(41)15-27(21-7-5-4-6-8-21)22-9-11-24(12-10-22)45-32(2,35)36/h3-12,16,23,25,27,37-38H,13-15,17-20H2,1-2H3,(H,39,42)(H,40,41)/b28-26+,29-3+,37-16?/t23-,25+,27+/m0/s1. The maximum Gasteiger partial charge on any atom is 0.409 e. The Labute approximate surface area is 259 Å². The highest BCUT2D eigenvalue weighted by Gasteiger charge is 2.26. The third-order valence-corrected chi connectivity index (χ3v) is 6.98. The second-order valence-electron chi connectivity index (χ2n) is 10.4. The molecule has 9 nitrogen and oxygen atoms in total. The van der Waals surface area contributed by atoms with Crippen LogP contribution in [0.4, 0.5) is 22.4 Å². The first-order valence-corrected chi connectivity index (χ1v) is 14.4. The minimum absolute atomic E-state index is 0.0161. The van der Waals surface area contributed by atoms with Crippen molar-refractivity contribution < 1.29 is 41.4 Å². The Hall–Kier alpha value is -4.23. The molecule has 3 rings (SSSR count). The Kier molecular flexibility index (Phi) is 13.6. The second kappa shape index (κ2) is 17.3. The van der Waals surface area contributed by atoms with Gasteiger partial charge in [0.1, 0.15) is 18.2 Å². The van der Waals surface area contributed by atoms with Crippen LogP contribution in [0.2, 0.25) is 0 Å². The molecule has 1 heterocycles. The quantitative estimate of drug-likeness (QED) is 0.0840. The highest BCUT2D eigenvalue weighted by atomic mass is 19.3. The molecule has 1 aliphatic rings. The van der Waals surface area contributed by atoms with E-state index in [0.717, 1.165) is 5.56 Å². The first kappa shape index (κ1) is 35.3. The van der Waals surface area contributed by atoms with Gasteiger partial charge in [-0.25, -0.2) is 13.6 Å². The average molecular weight is 635 g/mol. The van der Waals surface area contributed by atoms with Crippen molar-refractivity contribution in [2.24, 2.45) is 0 Å². The lowest BCUT2D eigenvalue weighted by atomic mass is 9.88. The fourth-order valence-electron chi connectivity index (χ4n) is 4.81. The Morgan fingerprint density at radius 3 is 2.42 bits per heavy atom. The molecule has 0 saturated carbocycles. The van der Waals surface area contributed by atoms with Crippen LogP contribution in [-0.2, 0) is 14.3 Å². The Morgan fingerprint density at radius 1 is 1.16 bits per heavy atom. The smallest absolute Gasteiger partial charge is 0.409 e. The van der Waals surface area contributed by atoms with E-state index in [9.17, 15) is 27.2 Å². The number of halogens is 4. The van der Waals surface area contributed by atoms with Crippen molar-refractivity contribution in [2.75, 3.05) is 26.6 Å². The number of hydrogen-bond donors (Lipinski definition) is 4. The zero-order chi connectivity index (χ0) is 32.8. The molecule has 2 aromatic rings. The molecule has 13 heteroatoms. The number of morpholine rings is 1. The zero-order valence-electron chi connectivity index (χ0n) is 25.1. The van der Waals surface area contributed by atoms with Gasteiger partial charge in [0.05, 0.1) is 25.0 Å². The van der Waals surface area contributed by atoms with Crippen molar-refractivity contribution in [1.29, 1.82) is 5.41 Å². The molecule has 0 spiro atoms. The summed E-state index contributed by atoms with van der Waals surface area (Å²) in [5.41, 5.74) is 1.87. The second-order valence-corrected chi connectivity index (χ2v) is 10.4. The van der Waals surface area contributed by atoms with Crippen LogP contribution in [0.25, 0.3) is 0 Å². The van der Waals surface area contributed by atoms with Crippen molar-refractivity contribution in [1.82, 2.24) is 16.0 Å². The molecule has 2 aromatic carbocycles. The van der Waals surface area contributed by atoms with Gasteiger partial charge in [-0.2, -0.15) is 8.78 Å². The minimum atomic E-state index is -3.34. The maximum absolute atomic E-state index is 14.9. The van der Waals surface area contributed by atoms with Crippen LogP contribution >= 0.6 is 0 Å². The normalized spacial score (nSPS) is 18.3. The molecular formula is C32H38F4N4O5. The summed E-state index contributed by atoms with van der Waals surface area (Å²) in [6.45, 7) is 1.83. The predicted octanol–water partition coefficient (Wildman–Crippen LogP) is 5.88. The summed E-state index contributed by atoms with van der Waals surface area (Å²) < 4.78 is 69.0. The van der Waals surface area contributed by atoms with E-state index in [2.05, 4.69) is 15.4 Å². The molecule has 4 N–H and O–H groups in total. The molecule has 0 aromatic heterocycles. The Balaban J connectivity index is 1.65. The van der Waals surface area contributed by atoms with Crippen LogP contribution in [0.15, 0.2) is 77.8 Å². The van der Waals surface area contributed by atoms with E-state index in [0.29, 0.717) is 31.7 Å². The van der Waals surface area contributed by atoms with Crippen LogP contribution in [0.3, 0.4) is 0 Å². The molecule has 0 aliphatic carbocycles. The third-order valence-electron chi connectivity index (χ3n) is 6.98. The molecule has 1 aliphatic heterocycles. The summed E-state index contributed by atoms with van der Waals surface area (Å²) >= 11 is 0. The number of amides is 2. The van der Waals surface area contributed by atoms with Crippen molar-refractivity contribution in [3.8, 4) is 5.75 Å². The number of hydrogen-bond acceptors (Lipinski definition) is 7. The number of benzene rings is 2. The molecule has 45 heavy (non-hydrogen) atoms.